The SMILES string of the molecule is CC1(C)OCC(=O)NC(C)(c2cc(-c3cc(F)cc(Cl)c3)ccc2F)C1(F)F. The van der Waals surface area contributed by atoms with Crippen LogP contribution in [0.3, 0.4) is 0 Å². The molecule has 1 aliphatic rings. The molecular weight excluding hydrogens is 398 g/mol. The number of hydrogen-bond donors (Lipinski definition) is 1. The molecule has 3 nitrogen and oxygen atoms in total. The van der Waals surface area contributed by atoms with Gasteiger partial charge < -0.3 is 10.1 Å². The predicted molar refractivity (Wildman–Crippen MR) is 97.3 cm³/mol. The lowest BCUT2D eigenvalue weighted by atomic mass is 9.77. The lowest BCUT2D eigenvalue weighted by Crippen LogP contribution is -2.62. The van der Waals surface area contributed by atoms with Crippen molar-refractivity contribution in [3.05, 3.63) is 58.6 Å². The van der Waals surface area contributed by atoms with E-state index in [1.54, 1.807) is 0 Å². The normalized spacial score (nSPS) is 23.8. The number of alkyl halides is 2. The van der Waals surface area contributed by atoms with Crippen molar-refractivity contribution in [3.63, 3.8) is 0 Å². The maximum Gasteiger partial charge on any atom is 0.302 e. The molecule has 1 saturated heterocycles. The summed E-state index contributed by atoms with van der Waals surface area (Å²) >= 11 is 5.86. The Hall–Kier alpha value is -2.12. The van der Waals surface area contributed by atoms with E-state index in [0.29, 0.717) is 0 Å². The maximum atomic E-state index is 15.4. The molecule has 1 heterocycles. The molecule has 1 unspecified atom stereocenters. The van der Waals surface area contributed by atoms with Gasteiger partial charge >= 0.3 is 5.92 Å². The summed E-state index contributed by atoms with van der Waals surface area (Å²) in [6, 6.07) is 7.16. The van der Waals surface area contributed by atoms with Gasteiger partial charge in [-0.05, 0) is 62.2 Å². The van der Waals surface area contributed by atoms with Crippen LogP contribution >= 0.6 is 11.6 Å². The van der Waals surface area contributed by atoms with Crippen molar-refractivity contribution in [2.45, 2.75) is 37.8 Å². The summed E-state index contributed by atoms with van der Waals surface area (Å²) in [6.07, 6.45) is 0. The van der Waals surface area contributed by atoms with Gasteiger partial charge in [-0.15, -0.1) is 0 Å². The van der Waals surface area contributed by atoms with Gasteiger partial charge in [0.2, 0.25) is 5.91 Å². The Labute approximate surface area is 164 Å². The van der Waals surface area contributed by atoms with Gasteiger partial charge in [-0.2, -0.15) is 0 Å². The zero-order valence-corrected chi connectivity index (χ0v) is 16.1. The molecule has 0 saturated carbocycles. The van der Waals surface area contributed by atoms with E-state index in [2.05, 4.69) is 5.32 Å². The first-order chi connectivity index (χ1) is 12.9. The smallest absolute Gasteiger partial charge is 0.302 e. The van der Waals surface area contributed by atoms with Gasteiger partial charge in [0, 0.05) is 10.6 Å². The van der Waals surface area contributed by atoms with Gasteiger partial charge in [0.25, 0.3) is 0 Å². The highest BCUT2D eigenvalue weighted by Gasteiger charge is 2.64. The van der Waals surface area contributed by atoms with Crippen molar-refractivity contribution in [1.82, 2.24) is 5.32 Å². The van der Waals surface area contributed by atoms with Gasteiger partial charge in [-0.25, -0.2) is 17.6 Å². The summed E-state index contributed by atoms with van der Waals surface area (Å²) in [5.74, 6) is -6.04. The minimum atomic E-state index is -3.68. The standard InChI is InChI=1S/C20H18ClF4NO2/c1-18(2)20(24,25)19(3,26-17(27)10-28-18)15-8-11(4-5-16(15)23)12-6-13(21)9-14(22)7-12/h4-9H,10H2,1-3H3,(H,26,27). The zero-order valence-electron chi connectivity index (χ0n) is 15.4. The topological polar surface area (TPSA) is 38.3 Å². The van der Waals surface area contributed by atoms with E-state index < -0.39 is 46.8 Å². The lowest BCUT2D eigenvalue weighted by molar-refractivity contribution is -0.216. The zero-order chi connectivity index (χ0) is 20.9. The molecule has 8 heteroatoms. The largest absolute Gasteiger partial charge is 0.359 e. The first kappa shape index (κ1) is 20.6. The third-order valence-electron chi connectivity index (χ3n) is 5.04. The van der Waals surface area contributed by atoms with E-state index in [0.717, 1.165) is 45.0 Å². The fourth-order valence-electron chi connectivity index (χ4n) is 3.38. The van der Waals surface area contributed by atoms with Crippen molar-refractivity contribution < 1.29 is 27.1 Å². The molecule has 1 amide bonds. The van der Waals surface area contributed by atoms with Crippen molar-refractivity contribution >= 4 is 17.5 Å². The van der Waals surface area contributed by atoms with E-state index in [-0.39, 0.29) is 16.1 Å². The van der Waals surface area contributed by atoms with Crippen LogP contribution in [0.15, 0.2) is 36.4 Å². The molecule has 0 bridgehead atoms. The fourth-order valence-corrected chi connectivity index (χ4v) is 3.60. The van der Waals surface area contributed by atoms with E-state index >= 15 is 8.78 Å². The van der Waals surface area contributed by atoms with Crippen LogP contribution in [0.4, 0.5) is 17.6 Å². The molecule has 28 heavy (non-hydrogen) atoms. The molecule has 0 radical (unpaired) electrons. The van der Waals surface area contributed by atoms with Crippen molar-refractivity contribution in [2.24, 2.45) is 0 Å². The van der Waals surface area contributed by atoms with Crippen LogP contribution in [0.1, 0.15) is 26.3 Å². The second kappa shape index (κ2) is 6.74. The Morgan fingerprint density at radius 2 is 1.71 bits per heavy atom. The van der Waals surface area contributed by atoms with E-state index in [1.807, 2.05) is 0 Å². The molecule has 1 atom stereocenters. The van der Waals surface area contributed by atoms with Crippen LogP contribution in [0.2, 0.25) is 5.02 Å². The number of nitrogens with one attached hydrogen (secondary N) is 1. The third-order valence-corrected chi connectivity index (χ3v) is 5.26. The number of halogens is 5. The van der Waals surface area contributed by atoms with E-state index in [9.17, 15) is 13.6 Å². The molecule has 1 N–H and O–H groups in total. The monoisotopic (exact) mass is 415 g/mol. The molecule has 1 fully saturated rings. The molecule has 2 aromatic carbocycles. The first-order valence-corrected chi connectivity index (χ1v) is 8.84. The molecule has 0 spiro atoms. The first-order valence-electron chi connectivity index (χ1n) is 8.47. The van der Waals surface area contributed by atoms with Crippen molar-refractivity contribution in [2.75, 3.05) is 6.61 Å². The molecule has 150 valence electrons. The second-order valence-corrected chi connectivity index (χ2v) is 7.84. The average molecular weight is 416 g/mol. The van der Waals surface area contributed by atoms with Crippen molar-refractivity contribution in [3.8, 4) is 11.1 Å². The number of rotatable bonds is 2. The number of ether oxygens (including phenoxy) is 1. The van der Waals surface area contributed by atoms with Gasteiger partial charge in [-0.1, -0.05) is 17.7 Å². The fraction of sp³-hybridized carbons (Fsp3) is 0.350. The number of amides is 1. The molecule has 0 aliphatic carbocycles. The van der Waals surface area contributed by atoms with E-state index in [1.165, 1.54) is 12.1 Å². The van der Waals surface area contributed by atoms with Crippen LogP contribution in [0.25, 0.3) is 11.1 Å². The Balaban J connectivity index is 2.22. The Bertz CT molecular complexity index is 928. The Kier molecular flexibility index (Phi) is 4.96. The van der Waals surface area contributed by atoms with Gasteiger partial charge in [-0.3, -0.25) is 4.79 Å². The van der Waals surface area contributed by atoms with Crippen LogP contribution in [0.5, 0.6) is 0 Å². The second-order valence-electron chi connectivity index (χ2n) is 7.40. The lowest BCUT2D eigenvalue weighted by Gasteiger charge is -2.43. The number of benzene rings is 2. The summed E-state index contributed by atoms with van der Waals surface area (Å²) in [6.45, 7) is 2.74. The number of carbonyl (C=O) groups excluding carboxylic acids is 1. The summed E-state index contributed by atoms with van der Waals surface area (Å²) in [5.41, 5.74) is -4.34. The van der Waals surface area contributed by atoms with Crippen LogP contribution < -0.4 is 5.32 Å². The van der Waals surface area contributed by atoms with E-state index in [4.69, 9.17) is 16.3 Å². The highest BCUT2D eigenvalue weighted by atomic mass is 35.5. The van der Waals surface area contributed by atoms with Gasteiger partial charge in [0.1, 0.15) is 29.4 Å². The van der Waals surface area contributed by atoms with Gasteiger partial charge in [0.05, 0.1) is 0 Å². The molecule has 2 aromatic rings. The Morgan fingerprint density at radius 1 is 1.04 bits per heavy atom. The maximum absolute atomic E-state index is 15.4. The van der Waals surface area contributed by atoms with Crippen LogP contribution in [-0.2, 0) is 15.1 Å². The quantitative estimate of drug-likeness (QED) is 0.696. The van der Waals surface area contributed by atoms with Crippen LogP contribution in [-0.4, -0.2) is 24.0 Å². The van der Waals surface area contributed by atoms with Crippen LogP contribution in [0, 0.1) is 11.6 Å². The molecular formula is C20H18ClF4NO2. The van der Waals surface area contributed by atoms with Gasteiger partial charge in [0.15, 0.2) is 0 Å². The highest BCUT2D eigenvalue weighted by Crippen LogP contribution is 2.48. The average Bonchev–Trinajstić information content (AvgIpc) is 2.64. The minimum Gasteiger partial charge on any atom is -0.359 e. The molecule has 1 aliphatic heterocycles. The summed E-state index contributed by atoms with van der Waals surface area (Å²) in [7, 11) is 0. The van der Waals surface area contributed by atoms with Crippen molar-refractivity contribution in [1.29, 1.82) is 0 Å². The summed E-state index contributed by atoms with van der Waals surface area (Å²) < 4.78 is 64.3. The minimum absolute atomic E-state index is 0.106. The highest BCUT2D eigenvalue weighted by molar-refractivity contribution is 6.30. The summed E-state index contributed by atoms with van der Waals surface area (Å²) in [4.78, 5) is 12.0. The number of carbonyl (C=O) groups is 1. The predicted octanol–water partition coefficient (Wildman–Crippen LogP) is 5.06. The Morgan fingerprint density at radius 3 is 2.36 bits per heavy atom. The number of hydrogen-bond acceptors (Lipinski definition) is 2. The third kappa shape index (κ3) is 3.26. The molecule has 3 rings (SSSR count). The molecule has 0 aromatic heterocycles. The summed E-state index contributed by atoms with van der Waals surface area (Å²) in [5, 5.41) is 2.31.